The van der Waals surface area contributed by atoms with Gasteiger partial charge in [-0.3, -0.25) is 9.69 Å². The van der Waals surface area contributed by atoms with Crippen molar-refractivity contribution in [2.75, 3.05) is 11.4 Å². The van der Waals surface area contributed by atoms with Gasteiger partial charge >= 0.3 is 0 Å². The van der Waals surface area contributed by atoms with Gasteiger partial charge in [-0.25, -0.2) is 4.98 Å². The molecule has 0 aromatic carbocycles. The molecule has 0 N–H and O–H groups in total. The quantitative estimate of drug-likeness (QED) is 0.626. The zero-order valence-corrected chi connectivity index (χ0v) is 8.53. The smallest absolute Gasteiger partial charge is 0.225 e. The van der Waals surface area contributed by atoms with Crippen LogP contribution in [-0.2, 0) is 4.79 Å². The second kappa shape index (κ2) is 3.40. The largest absolute Gasteiger partial charge is 0.297 e. The summed E-state index contributed by atoms with van der Waals surface area (Å²) in [6, 6.07) is 3.99. The molecule has 2 rings (SSSR count). The van der Waals surface area contributed by atoms with Crippen LogP contribution in [0.25, 0.3) is 0 Å². The van der Waals surface area contributed by atoms with Gasteiger partial charge in [-0.15, -0.1) is 0 Å². The lowest BCUT2D eigenvalue weighted by Crippen LogP contribution is -2.35. The summed E-state index contributed by atoms with van der Waals surface area (Å²) in [6.07, 6.45) is 2.77. The molecule has 1 atom stereocenters. The van der Waals surface area contributed by atoms with Crippen molar-refractivity contribution in [1.29, 1.82) is 0 Å². The Bertz CT molecular complexity index is 362. The Morgan fingerprint density at radius 3 is 3.14 bits per heavy atom. The molecule has 1 aliphatic rings. The Morgan fingerprint density at radius 2 is 2.43 bits per heavy atom. The first-order valence-corrected chi connectivity index (χ1v) is 4.93. The molecule has 3 heteroatoms. The molecule has 0 saturated heterocycles. The van der Waals surface area contributed by atoms with Crippen LogP contribution >= 0.6 is 0 Å². The number of aromatic nitrogens is 1. The molecule has 1 amide bonds. The highest BCUT2D eigenvalue weighted by atomic mass is 16.2. The summed E-state index contributed by atoms with van der Waals surface area (Å²) in [7, 11) is 0. The van der Waals surface area contributed by atoms with Crippen LogP contribution in [0.4, 0.5) is 5.82 Å². The highest BCUT2D eigenvalue weighted by Crippen LogP contribution is 2.32. The Labute approximate surface area is 83.8 Å². The zero-order chi connectivity index (χ0) is 10.1. The topological polar surface area (TPSA) is 33.2 Å². The standard InChI is InChI=1S/C11H14N2O/c1-8-5-7-13(9(2)14)11-10(8)4-3-6-12-11/h3-4,6,8H,5,7H2,1-2H3. The molecule has 0 fully saturated rings. The van der Waals surface area contributed by atoms with E-state index in [2.05, 4.69) is 18.0 Å². The summed E-state index contributed by atoms with van der Waals surface area (Å²) in [5.41, 5.74) is 1.19. The van der Waals surface area contributed by atoms with E-state index in [0.29, 0.717) is 5.92 Å². The molecule has 1 aromatic heterocycles. The van der Waals surface area contributed by atoms with E-state index in [0.717, 1.165) is 18.8 Å². The first-order chi connectivity index (χ1) is 6.70. The SMILES string of the molecule is CC(=O)N1CCC(C)c2cccnc21. The van der Waals surface area contributed by atoms with Gasteiger partial charge in [0.15, 0.2) is 0 Å². The van der Waals surface area contributed by atoms with Crippen molar-refractivity contribution in [2.24, 2.45) is 0 Å². The second-order valence-electron chi connectivity index (χ2n) is 3.78. The Hall–Kier alpha value is -1.38. The third-order valence-electron chi connectivity index (χ3n) is 2.77. The number of hydrogen-bond donors (Lipinski definition) is 0. The molecule has 1 aromatic rings. The lowest BCUT2D eigenvalue weighted by Gasteiger charge is -2.30. The molecule has 74 valence electrons. The molecule has 0 radical (unpaired) electrons. The van der Waals surface area contributed by atoms with Crippen LogP contribution in [-0.4, -0.2) is 17.4 Å². The first-order valence-electron chi connectivity index (χ1n) is 4.93. The number of pyridine rings is 1. The average molecular weight is 190 g/mol. The predicted molar refractivity (Wildman–Crippen MR) is 55.3 cm³/mol. The van der Waals surface area contributed by atoms with Crippen molar-refractivity contribution < 1.29 is 4.79 Å². The zero-order valence-electron chi connectivity index (χ0n) is 8.53. The molecule has 0 bridgehead atoms. The fourth-order valence-corrected chi connectivity index (χ4v) is 1.91. The molecule has 0 spiro atoms. The third-order valence-corrected chi connectivity index (χ3v) is 2.77. The molecule has 1 unspecified atom stereocenters. The van der Waals surface area contributed by atoms with Crippen LogP contribution < -0.4 is 4.90 Å². The third kappa shape index (κ3) is 1.39. The molecule has 0 saturated carbocycles. The minimum absolute atomic E-state index is 0.0804. The highest BCUT2D eigenvalue weighted by molar-refractivity contribution is 5.91. The number of fused-ring (bicyclic) bond motifs is 1. The number of nitrogens with zero attached hydrogens (tertiary/aromatic N) is 2. The van der Waals surface area contributed by atoms with Crippen LogP contribution in [0.2, 0.25) is 0 Å². The highest BCUT2D eigenvalue weighted by Gasteiger charge is 2.24. The van der Waals surface area contributed by atoms with Gasteiger partial charge in [0.05, 0.1) is 0 Å². The number of carbonyl (C=O) groups is 1. The van der Waals surface area contributed by atoms with Crippen molar-refractivity contribution in [3.63, 3.8) is 0 Å². The van der Waals surface area contributed by atoms with Crippen LogP contribution in [0.5, 0.6) is 0 Å². The summed E-state index contributed by atoms with van der Waals surface area (Å²) in [5.74, 6) is 1.44. The number of amides is 1. The van der Waals surface area contributed by atoms with E-state index in [1.807, 2.05) is 6.07 Å². The molecular formula is C11H14N2O. The lowest BCUT2D eigenvalue weighted by atomic mass is 9.94. The monoisotopic (exact) mass is 190 g/mol. The Balaban J connectivity index is 2.46. The van der Waals surface area contributed by atoms with Crippen molar-refractivity contribution in [2.45, 2.75) is 26.2 Å². The molecular weight excluding hydrogens is 176 g/mol. The maximum atomic E-state index is 11.4. The predicted octanol–water partition coefficient (Wildman–Crippen LogP) is 1.94. The van der Waals surface area contributed by atoms with E-state index in [9.17, 15) is 4.79 Å². The van der Waals surface area contributed by atoms with E-state index in [1.165, 1.54) is 5.56 Å². The van der Waals surface area contributed by atoms with Gasteiger partial charge in [-0.05, 0) is 24.0 Å². The molecule has 2 heterocycles. The molecule has 1 aliphatic heterocycles. The van der Waals surface area contributed by atoms with E-state index < -0.39 is 0 Å². The van der Waals surface area contributed by atoms with E-state index in [4.69, 9.17) is 0 Å². The normalized spacial score (nSPS) is 20.4. The minimum atomic E-state index is 0.0804. The number of carbonyl (C=O) groups excluding carboxylic acids is 1. The number of rotatable bonds is 0. The minimum Gasteiger partial charge on any atom is -0.297 e. The second-order valence-corrected chi connectivity index (χ2v) is 3.78. The van der Waals surface area contributed by atoms with Crippen LogP contribution in [0.1, 0.15) is 31.7 Å². The van der Waals surface area contributed by atoms with Gasteiger partial charge in [0.1, 0.15) is 5.82 Å². The van der Waals surface area contributed by atoms with Crippen LogP contribution in [0.15, 0.2) is 18.3 Å². The summed E-state index contributed by atoms with van der Waals surface area (Å²) in [6.45, 7) is 4.56. The fraction of sp³-hybridized carbons (Fsp3) is 0.455. The molecule has 0 aliphatic carbocycles. The maximum Gasteiger partial charge on any atom is 0.225 e. The van der Waals surface area contributed by atoms with Gasteiger partial charge in [-0.2, -0.15) is 0 Å². The Morgan fingerprint density at radius 1 is 1.64 bits per heavy atom. The van der Waals surface area contributed by atoms with Gasteiger partial charge < -0.3 is 0 Å². The fourth-order valence-electron chi connectivity index (χ4n) is 1.91. The Kier molecular flexibility index (Phi) is 2.23. The summed E-state index contributed by atoms with van der Waals surface area (Å²) >= 11 is 0. The summed E-state index contributed by atoms with van der Waals surface area (Å²) < 4.78 is 0. The molecule has 3 nitrogen and oxygen atoms in total. The van der Waals surface area contributed by atoms with E-state index >= 15 is 0 Å². The number of hydrogen-bond acceptors (Lipinski definition) is 2. The van der Waals surface area contributed by atoms with Gasteiger partial charge in [0, 0.05) is 19.7 Å². The van der Waals surface area contributed by atoms with Gasteiger partial charge in [-0.1, -0.05) is 13.0 Å². The van der Waals surface area contributed by atoms with Crippen molar-refractivity contribution >= 4 is 11.7 Å². The van der Waals surface area contributed by atoms with Crippen molar-refractivity contribution in [3.05, 3.63) is 23.9 Å². The van der Waals surface area contributed by atoms with Crippen molar-refractivity contribution in [1.82, 2.24) is 4.98 Å². The first kappa shape index (κ1) is 9.19. The number of anilines is 1. The average Bonchev–Trinajstić information content (AvgIpc) is 2.18. The lowest BCUT2D eigenvalue weighted by molar-refractivity contribution is -0.116. The summed E-state index contributed by atoms with van der Waals surface area (Å²) in [5, 5.41) is 0. The summed E-state index contributed by atoms with van der Waals surface area (Å²) in [4.78, 5) is 17.4. The maximum absolute atomic E-state index is 11.4. The van der Waals surface area contributed by atoms with Crippen LogP contribution in [0, 0.1) is 0 Å². The van der Waals surface area contributed by atoms with Gasteiger partial charge in [0.25, 0.3) is 0 Å². The van der Waals surface area contributed by atoms with E-state index in [1.54, 1.807) is 18.0 Å². The van der Waals surface area contributed by atoms with Gasteiger partial charge in [0.2, 0.25) is 5.91 Å². The van der Waals surface area contributed by atoms with Crippen molar-refractivity contribution in [3.8, 4) is 0 Å². The van der Waals surface area contributed by atoms with Crippen LogP contribution in [0.3, 0.4) is 0 Å². The molecule has 14 heavy (non-hydrogen) atoms. The van der Waals surface area contributed by atoms with E-state index in [-0.39, 0.29) is 5.91 Å².